The van der Waals surface area contributed by atoms with Gasteiger partial charge in [-0.25, -0.2) is 0 Å². The van der Waals surface area contributed by atoms with Gasteiger partial charge in [-0.3, -0.25) is 0 Å². The molecule has 0 nitrogen and oxygen atoms in total. The van der Waals surface area contributed by atoms with Gasteiger partial charge in [0.1, 0.15) is 0 Å². The van der Waals surface area contributed by atoms with Gasteiger partial charge in [0.15, 0.2) is 0 Å². The summed E-state index contributed by atoms with van der Waals surface area (Å²) in [4.78, 5) is 0. The third-order valence-electron chi connectivity index (χ3n) is 8.18. The van der Waals surface area contributed by atoms with E-state index in [-0.39, 0.29) is 0 Å². The minimum Gasteiger partial charge on any atom is -0.135 e. The Morgan fingerprint density at radius 1 is 0.436 bits per heavy atom. The fourth-order valence-corrected chi connectivity index (χ4v) is 7.54. The monoisotopic (exact) mass is 514 g/mol. The average Bonchev–Trinajstić information content (AvgIpc) is 3.35. The first kappa shape index (κ1) is 22.5. The Morgan fingerprint density at radius 3 is 1.74 bits per heavy atom. The van der Waals surface area contributed by atoms with E-state index in [2.05, 4.69) is 133 Å². The number of rotatable bonds is 0. The van der Waals surface area contributed by atoms with Gasteiger partial charge >= 0.3 is 0 Å². The fourth-order valence-electron chi connectivity index (χ4n) is 6.44. The third kappa shape index (κ3) is 3.58. The second-order valence-electron chi connectivity index (χ2n) is 10.3. The second kappa shape index (κ2) is 9.08. The predicted molar refractivity (Wildman–Crippen MR) is 173 cm³/mol. The summed E-state index contributed by atoms with van der Waals surface area (Å²) in [6, 6.07) is 45.0. The smallest absolute Gasteiger partial charge is 0.0355 e. The minimum absolute atomic E-state index is 1.04. The van der Waals surface area contributed by atoms with Crippen LogP contribution in [0.15, 0.2) is 127 Å². The quantitative estimate of drug-likeness (QED) is 0.177. The number of aryl methyl sites for hydroxylation is 1. The molecule has 0 saturated heterocycles. The van der Waals surface area contributed by atoms with Crippen molar-refractivity contribution in [2.45, 2.75) is 12.8 Å². The molecule has 0 spiro atoms. The van der Waals surface area contributed by atoms with Crippen LogP contribution in [0.5, 0.6) is 0 Å². The van der Waals surface area contributed by atoms with Crippen LogP contribution in [0.3, 0.4) is 0 Å². The molecule has 0 atom stereocenters. The topological polar surface area (TPSA) is 0 Å². The normalized spacial score (nSPS) is 12.8. The molecular formula is C38H26S. The Labute approximate surface area is 231 Å². The van der Waals surface area contributed by atoms with E-state index in [4.69, 9.17) is 0 Å². The molecule has 9 rings (SSSR count). The number of fused-ring (bicyclic) bond motifs is 3. The molecule has 0 fully saturated rings. The highest BCUT2D eigenvalue weighted by atomic mass is 32.1. The summed E-state index contributed by atoms with van der Waals surface area (Å²) >= 11 is 1.88. The molecule has 1 heterocycles. The van der Waals surface area contributed by atoms with Crippen molar-refractivity contribution in [1.82, 2.24) is 0 Å². The van der Waals surface area contributed by atoms with Crippen molar-refractivity contribution in [2.75, 3.05) is 0 Å². The number of hydrogen-bond donors (Lipinski definition) is 0. The van der Waals surface area contributed by atoms with Gasteiger partial charge in [0.05, 0.1) is 0 Å². The Kier molecular flexibility index (Phi) is 5.24. The average molecular weight is 515 g/mol. The van der Waals surface area contributed by atoms with Crippen LogP contribution in [-0.4, -0.2) is 0 Å². The van der Waals surface area contributed by atoms with Crippen molar-refractivity contribution < 1.29 is 0 Å². The molecule has 0 saturated carbocycles. The Hall–Kier alpha value is -4.46. The van der Waals surface area contributed by atoms with Crippen LogP contribution < -0.4 is 0 Å². The van der Waals surface area contributed by atoms with E-state index in [1.807, 2.05) is 11.3 Å². The maximum absolute atomic E-state index is 2.35. The Bertz CT molecular complexity index is 2170. The first-order chi connectivity index (χ1) is 19.4. The third-order valence-corrected chi connectivity index (χ3v) is 9.33. The van der Waals surface area contributed by atoms with E-state index in [9.17, 15) is 0 Å². The second-order valence-corrected chi connectivity index (χ2v) is 11.4. The first-order valence-electron chi connectivity index (χ1n) is 13.7. The van der Waals surface area contributed by atoms with E-state index in [0.717, 1.165) is 12.8 Å². The van der Waals surface area contributed by atoms with Crippen LogP contribution in [0.4, 0.5) is 0 Å². The standard InChI is InChI=1S/C38H26S/c1-3-13-27-25(11-1)21-23-30-29-15-9-10-20-35(29)39-36(30)24-22-26-12-2-4-14-28(26)38-33-18-7-5-16-31(33)37(27)32-17-6-8-19-34(32)38/h1-3,5-13,15-24H,4,14H2. The van der Waals surface area contributed by atoms with Crippen LogP contribution in [-0.2, 0) is 6.42 Å². The van der Waals surface area contributed by atoms with Gasteiger partial charge in [0, 0.05) is 20.2 Å². The molecule has 184 valence electrons. The number of benzene rings is 5. The van der Waals surface area contributed by atoms with E-state index in [1.54, 1.807) is 0 Å². The van der Waals surface area contributed by atoms with Crippen molar-refractivity contribution in [2.24, 2.45) is 0 Å². The summed E-state index contributed by atoms with van der Waals surface area (Å²) in [7, 11) is 0. The van der Waals surface area contributed by atoms with Gasteiger partial charge < -0.3 is 0 Å². The highest BCUT2D eigenvalue weighted by Gasteiger charge is 2.14. The zero-order chi connectivity index (χ0) is 25.8. The highest BCUT2D eigenvalue weighted by Crippen LogP contribution is 2.40. The summed E-state index contributed by atoms with van der Waals surface area (Å²) < 4.78 is 2.63. The number of thiophene rings is 1. The molecule has 1 aromatic heterocycles. The van der Waals surface area contributed by atoms with Gasteiger partial charge in [0.25, 0.3) is 0 Å². The molecule has 2 bridgehead atoms. The van der Waals surface area contributed by atoms with Crippen molar-refractivity contribution in [3.63, 3.8) is 0 Å². The zero-order valence-corrected chi connectivity index (χ0v) is 22.3. The van der Waals surface area contributed by atoms with Gasteiger partial charge in [0.2, 0.25) is 0 Å². The van der Waals surface area contributed by atoms with E-state index < -0.39 is 0 Å². The van der Waals surface area contributed by atoms with Crippen LogP contribution >= 0.6 is 11.3 Å². The summed E-state index contributed by atoms with van der Waals surface area (Å²) in [5, 5.41) is 13.1. The van der Waals surface area contributed by atoms with Crippen LogP contribution in [0.1, 0.15) is 17.5 Å². The summed E-state index contributed by atoms with van der Waals surface area (Å²) in [6.45, 7) is 0. The van der Waals surface area contributed by atoms with E-state index in [1.165, 1.54) is 74.4 Å². The molecule has 0 unspecified atom stereocenters. The molecule has 0 aliphatic heterocycles. The van der Waals surface area contributed by atoms with Crippen molar-refractivity contribution in [1.29, 1.82) is 0 Å². The lowest BCUT2D eigenvalue weighted by atomic mass is 9.87. The summed E-state index contributed by atoms with van der Waals surface area (Å²) in [5.41, 5.74) is 2.75. The Balaban J connectivity index is 1.74. The maximum Gasteiger partial charge on any atom is 0.0355 e. The van der Waals surface area contributed by atoms with E-state index in [0.29, 0.717) is 0 Å². The van der Waals surface area contributed by atoms with Crippen LogP contribution in [0, 0.1) is 0 Å². The predicted octanol–water partition coefficient (Wildman–Crippen LogP) is 11.3. The SMILES string of the molecule is C1=Cc2ccc3sc4ccccc4c3ccc3ccccc3c3c4ccccc4c(c2CC1)c1ccccc13. The van der Waals surface area contributed by atoms with Crippen molar-refractivity contribution in [3.8, 4) is 0 Å². The minimum atomic E-state index is 1.04. The maximum atomic E-state index is 2.35. The Morgan fingerprint density at radius 2 is 1.00 bits per heavy atom. The fraction of sp³-hybridized carbons (Fsp3) is 0.0526. The first-order valence-corrected chi connectivity index (χ1v) is 14.5. The van der Waals surface area contributed by atoms with Crippen molar-refractivity contribution >= 4 is 80.7 Å². The van der Waals surface area contributed by atoms with Crippen LogP contribution in [0.2, 0.25) is 0 Å². The zero-order valence-electron chi connectivity index (χ0n) is 21.5. The molecule has 0 N–H and O–H groups in total. The molecule has 39 heavy (non-hydrogen) atoms. The van der Waals surface area contributed by atoms with Crippen LogP contribution in [0.25, 0.3) is 69.3 Å². The number of allylic oxidation sites excluding steroid dienone is 1. The molecule has 1 aliphatic carbocycles. The molecule has 1 heteroatoms. The summed E-state index contributed by atoms with van der Waals surface area (Å²) in [6.07, 6.45) is 6.76. The van der Waals surface area contributed by atoms with E-state index >= 15 is 0 Å². The molecule has 1 aliphatic rings. The lowest BCUT2D eigenvalue weighted by Crippen LogP contribution is -1.95. The lowest BCUT2D eigenvalue weighted by Gasteiger charge is -2.16. The van der Waals surface area contributed by atoms with Gasteiger partial charge in [-0.1, -0.05) is 121 Å². The summed E-state index contributed by atoms with van der Waals surface area (Å²) in [5.74, 6) is 0. The van der Waals surface area contributed by atoms with Gasteiger partial charge in [-0.2, -0.15) is 0 Å². The molecular weight excluding hydrogens is 488 g/mol. The highest BCUT2D eigenvalue weighted by molar-refractivity contribution is 7.25. The molecule has 0 radical (unpaired) electrons. The van der Waals surface area contributed by atoms with Crippen molar-refractivity contribution in [3.05, 3.63) is 139 Å². The van der Waals surface area contributed by atoms with Gasteiger partial charge in [-0.05, 0) is 79.2 Å². The molecule has 7 aromatic carbocycles. The number of hydrogen-bond acceptors (Lipinski definition) is 1. The largest absolute Gasteiger partial charge is 0.135 e. The molecule has 8 aromatic rings. The van der Waals surface area contributed by atoms with Gasteiger partial charge in [-0.15, -0.1) is 11.3 Å². The lowest BCUT2D eigenvalue weighted by molar-refractivity contribution is 1.000. The molecule has 0 amide bonds.